The Balaban J connectivity index is 2.06. The van der Waals surface area contributed by atoms with Crippen LogP contribution in [0.4, 0.5) is 0 Å². The number of rotatable bonds is 10. The van der Waals surface area contributed by atoms with Crippen molar-refractivity contribution in [3.8, 4) is 0 Å². The summed E-state index contributed by atoms with van der Waals surface area (Å²) in [5, 5.41) is 17.5. The first kappa shape index (κ1) is 23.9. The van der Waals surface area contributed by atoms with Gasteiger partial charge in [-0.05, 0) is 38.6 Å². The molecule has 4 amide bonds. The fourth-order valence-electron chi connectivity index (χ4n) is 3.68. The fourth-order valence-corrected chi connectivity index (χ4v) is 3.94. The smallest absolute Gasteiger partial charge is 0.326 e. The normalized spacial score (nSPS) is 22.9. The van der Waals surface area contributed by atoms with Crippen LogP contribution in [0.2, 0.25) is 0 Å². The highest BCUT2D eigenvalue weighted by molar-refractivity contribution is 7.80. The van der Waals surface area contributed by atoms with Crippen molar-refractivity contribution >= 4 is 42.2 Å². The predicted octanol–water partition coefficient (Wildman–Crippen LogP) is -2.02. The lowest BCUT2D eigenvalue weighted by Gasteiger charge is -2.28. The van der Waals surface area contributed by atoms with Gasteiger partial charge in [-0.15, -0.1) is 0 Å². The molecule has 0 spiro atoms. The second-order valence-electron chi connectivity index (χ2n) is 7.49. The van der Waals surface area contributed by atoms with Crippen LogP contribution in [0.1, 0.15) is 38.5 Å². The average molecular weight is 444 g/mol. The molecule has 168 valence electrons. The molecule has 0 radical (unpaired) electrons. The van der Waals surface area contributed by atoms with Crippen LogP contribution in [-0.2, 0) is 24.0 Å². The Morgan fingerprint density at radius 3 is 2.43 bits per heavy atom. The van der Waals surface area contributed by atoms with Crippen LogP contribution in [0.5, 0.6) is 0 Å². The summed E-state index contributed by atoms with van der Waals surface area (Å²) in [4.78, 5) is 61.8. The number of nitrogens with one attached hydrogen (secondary N) is 3. The fraction of sp³-hybridized carbons (Fsp3) is 0.722. The first-order valence-corrected chi connectivity index (χ1v) is 10.6. The van der Waals surface area contributed by atoms with E-state index in [0.29, 0.717) is 19.3 Å². The maximum Gasteiger partial charge on any atom is 0.326 e. The van der Waals surface area contributed by atoms with E-state index in [9.17, 15) is 29.1 Å². The van der Waals surface area contributed by atoms with Gasteiger partial charge in [-0.2, -0.15) is 12.6 Å². The van der Waals surface area contributed by atoms with E-state index in [1.807, 2.05) is 0 Å². The molecule has 6 N–H and O–H groups in total. The zero-order valence-electron chi connectivity index (χ0n) is 16.6. The zero-order valence-corrected chi connectivity index (χ0v) is 17.5. The van der Waals surface area contributed by atoms with Crippen LogP contribution in [-0.4, -0.2) is 82.6 Å². The van der Waals surface area contributed by atoms with Crippen molar-refractivity contribution in [2.45, 2.75) is 62.7 Å². The molecule has 2 heterocycles. The van der Waals surface area contributed by atoms with Crippen LogP contribution in [0.3, 0.4) is 0 Å². The molecular formula is C18H29N5O6S. The van der Waals surface area contributed by atoms with Gasteiger partial charge in [0.1, 0.15) is 18.1 Å². The van der Waals surface area contributed by atoms with E-state index < -0.39 is 41.8 Å². The summed E-state index contributed by atoms with van der Waals surface area (Å²) in [6.07, 6.45) is 2.15. The summed E-state index contributed by atoms with van der Waals surface area (Å²) in [7, 11) is 0. The van der Waals surface area contributed by atoms with Crippen molar-refractivity contribution in [3.63, 3.8) is 0 Å². The molecule has 0 saturated carbocycles. The third-order valence-corrected chi connectivity index (χ3v) is 5.67. The molecule has 11 nitrogen and oxygen atoms in total. The van der Waals surface area contributed by atoms with E-state index >= 15 is 0 Å². The number of carbonyl (C=O) groups excluding carboxylic acids is 4. The minimum Gasteiger partial charge on any atom is -0.480 e. The lowest BCUT2D eigenvalue weighted by atomic mass is 10.1. The molecule has 2 saturated heterocycles. The van der Waals surface area contributed by atoms with Gasteiger partial charge in [-0.1, -0.05) is 0 Å². The summed E-state index contributed by atoms with van der Waals surface area (Å²) in [5.41, 5.74) is 5.18. The number of hydrogen-bond acceptors (Lipinski definition) is 7. The summed E-state index contributed by atoms with van der Waals surface area (Å²) in [6, 6.07) is -3.47. The van der Waals surface area contributed by atoms with Gasteiger partial charge in [0.05, 0.1) is 6.04 Å². The largest absolute Gasteiger partial charge is 0.480 e. The van der Waals surface area contributed by atoms with E-state index in [1.54, 1.807) is 0 Å². The third kappa shape index (κ3) is 6.33. The molecule has 2 rings (SSSR count). The number of thiol groups is 1. The first-order valence-electron chi connectivity index (χ1n) is 10.0. The predicted molar refractivity (Wildman–Crippen MR) is 110 cm³/mol. The highest BCUT2D eigenvalue weighted by Gasteiger charge is 2.38. The summed E-state index contributed by atoms with van der Waals surface area (Å²) < 4.78 is 0. The van der Waals surface area contributed by atoms with Crippen molar-refractivity contribution in [2.24, 2.45) is 5.73 Å². The van der Waals surface area contributed by atoms with Crippen molar-refractivity contribution in [1.82, 2.24) is 20.9 Å². The number of hydrogen-bond donors (Lipinski definition) is 6. The Kier molecular flexibility index (Phi) is 8.90. The number of carbonyl (C=O) groups is 5. The van der Waals surface area contributed by atoms with Crippen LogP contribution in [0.15, 0.2) is 0 Å². The van der Waals surface area contributed by atoms with Gasteiger partial charge in [0.25, 0.3) is 0 Å². The molecule has 0 aromatic heterocycles. The molecule has 4 unspecified atom stereocenters. The molecule has 0 bridgehead atoms. The molecule has 2 aliphatic heterocycles. The standard InChI is InChI=1S/C18H29N5O6S/c19-14(24)6-5-11(17(27)23-8-2-4-13(23)18(28)29)21-16(26)12(9-30)22-15(25)10-3-1-7-20-10/h10-13,20,30H,1-9H2,(H2,19,24)(H,21,26)(H,22,25)(H,28,29). The van der Waals surface area contributed by atoms with Gasteiger partial charge in [-0.25, -0.2) is 4.79 Å². The molecule has 0 aliphatic carbocycles. The Labute approximate surface area is 179 Å². The molecule has 12 heteroatoms. The van der Waals surface area contributed by atoms with Gasteiger partial charge in [0.15, 0.2) is 0 Å². The number of aliphatic carboxylic acids is 1. The van der Waals surface area contributed by atoms with E-state index in [2.05, 4.69) is 28.6 Å². The van der Waals surface area contributed by atoms with E-state index in [4.69, 9.17) is 5.73 Å². The molecular weight excluding hydrogens is 414 g/mol. The average Bonchev–Trinajstić information content (AvgIpc) is 3.40. The van der Waals surface area contributed by atoms with Crippen molar-refractivity contribution in [2.75, 3.05) is 18.8 Å². The lowest BCUT2D eigenvalue weighted by Crippen LogP contribution is -2.57. The Morgan fingerprint density at radius 1 is 1.13 bits per heavy atom. The minimum absolute atomic E-state index is 0.00247. The highest BCUT2D eigenvalue weighted by atomic mass is 32.1. The summed E-state index contributed by atoms with van der Waals surface area (Å²) >= 11 is 4.12. The van der Waals surface area contributed by atoms with Crippen LogP contribution < -0.4 is 21.7 Å². The number of amides is 4. The van der Waals surface area contributed by atoms with Gasteiger partial charge >= 0.3 is 5.97 Å². The first-order chi connectivity index (χ1) is 14.2. The second-order valence-corrected chi connectivity index (χ2v) is 7.85. The zero-order chi connectivity index (χ0) is 22.3. The quantitative estimate of drug-likeness (QED) is 0.212. The van der Waals surface area contributed by atoms with Gasteiger partial charge in [0, 0.05) is 18.7 Å². The van der Waals surface area contributed by atoms with Gasteiger partial charge in [-0.3, -0.25) is 19.2 Å². The topological polar surface area (TPSA) is 171 Å². The molecule has 30 heavy (non-hydrogen) atoms. The number of likely N-dealkylation sites (tertiary alicyclic amines) is 1. The van der Waals surface area contributed by atoms with Crippen LogP contribution in [0.25, 0.3) is 0 Å². The summed E-state index contributed by atoms with van der Waals surface area (Å²) in [5.74, 6) is -3.31. The van der Waals surface area contributed by atoms with Crippen LogP contribution >= 0.6 is 12.6 Å². The summed E-state index contributed by atoms with van der Waals surface area (Å²) in [6.45, 7) is 0.971. The molecule has 0 aromatic carbocycles. The van der Waals surface area contributed by atoms with Crippen molar-refractivity contribution in [3.05, 3.63) is 0 Å². The Bertz CT molecular complexity index is 684. The SMILES string of the molecule is NC(=O)CCC(NC(=O)C(CS)NC(=O)C1CCCN1)C(=O)N1CCCC1C(=O)O. The number of carboxylic acids is 1. The van der Waals surface area contributed by atoms with E-state index in [1.165, 1.54) is 4.90 Å². The number of primary amides is 1. The molecule has 0 aromatic rings. The molecule has 2 fully saturated rings. The van der Waals surface area contributed by atoms with Crippen molar-refractivity contribution in [1.29, 1.82) is 0 Å². The maximum atomic E-state index is 12.9. The second kappa shape index (κ2) is 11.2. The third-order valence-electron chi connectivity index (χ3n) is 5.31. The number of nitrogens with zero attached hydrogens (tertiary/aromatic N) is 1. The highest BCUT2D eigenvalue weighted by Crippen LogP contribution is 2.19. The molecule has 2 aliphatic rings. The maximum absolute atomic E-state index is 12.9. The minimum atomic E-state index is -1.13. The number of nitrogens with two attached hydrogens (primary N) is 1. The van der Waals surface area contributed by atoms with E-state index in [0.717, 1.165) is 13.0 Å². The Hall–Kier alpha value is -2.34. The van der Waals surface area contributed by atoms with Crippen LogP contribution in [0, 0.1) is 0 Å². The monoisotopic (exact) mass is 443 g/mol. The van der Waals surface area contributed by atoms with Gasteiger partial charge in [0.2, 0.25) is 23.6 Å². The lowest BCUT2D eigenvalue weighted by molar-refractivity contribution is -0.149. The number of carboxylic acid groups (broad SMARTS) is 1. The molecule has 4 atom stereocenters. The van der Waals surface area contributed by atoms with E-state index in [-0.39, 0.29) is 37.1 Å². The van der Waals surface area contributed by atoms with Gasteiger partial charge < -0.3 is 31.7 Å². The van der Waals surface area contributed by atoms with Crippen molar-refractivity contribution < 1.29 is 29.1 Å². The Morgan fingerprint density at radius 2 is 1.87 bits per heavy atom.